The quantitative estimate of drug-likeness (QED) is 0.661. The maximum atomic E-state index is 10.9. The molecule has 0 saturated carbocycles. The van der Waals surface area contributed by atoms with Crippen molar-refractivity contribution in [2.45, 2.75) is 25.8 Å². The van der Waals surface area contributed by atoms with Crippen molar-refractivity contribution in [3.63, 3.8) is 0 Å². The molecular weight excluding hydrogens is 212 g/mol. The third-order valence-corrected chi connectivity index (χ3v) is 3.44. The standard InChI is InChI=1S/C10H24N2O2S/c1-10(11-2)6-5-7-12(3)8-9-15(4,13)14/h10-11H,5-9H2,1-4H3. The average molecular weight is 236 g/mol. The lowest BCUT2D eigenvalue weighted by atomic mass is 10.2. The number of rotatable bonds is 8. The van der Waals surface area contributed by atoms with Crippen LogP contribution in [-0.2, 0) is 9.84 Å². The van der Waals surface area contributed by atoms with E-state index < -0.39 is 9.84 Å². The van der Waals surface area contributed by atoms with Crippen molar-refractivity contribution in [3.05, 3.63) is 0 Å². The second-order valence-corrected chi connectivity index (χ2v) is 6.52. The van der Waals surface area contributed by atoms with Gasteiger partial charge in [0, 0.05) is 18.8 Å². The van der Waals surface area contributed by atoms with Crippen LogP contribution in [0, 0.1) is 0 Å². The number of sulfone groups is 1. The van der Waals surface area contributed by atoms with Crippen LogP contribution in [0.1, 0.15) is 19.8 Å². The Hall–Kier alpha value is -0.130. The van der Waals surface area contributed by atoms with E-state index in [1.165, 1.54) is 6.26 Å². The molecule has 0 amide bonds. The lowest BCUT2D eigenvalue weighted by Gasteiger charge is -2.17. The number of hydrogen-bond acceptors (Lipinski definition) is 4. The third kappa shape index (κ3) is 10.2. The first-order chi connectivity index (χ1) is 6.85. The molecule has 1 unspecified atom stereocenters. The lowest BCUT2D eigenvalue weighted by molar-refractivity contribution is 0.335. The molecule has 0 aliphatic carbocycles. The SMILES string of the molecule is CNC(C)CCCN(C)CCS(C)(=O)=O. The molecule has 0 rings (SSSR count). The normalized spacial score (nSPS) is 14.5. The van der Waals surface area contributed by atoms with Gasteiger partial charge in [-0.3, -0.25) is 0 Å². The molecule has 0 spiro atoms. The van der Waals surface area contributed by atoms with E-state index in [4.69, 9.17) is 0 Å². The van der Waals surface area contributed by atoms with Gasteiger partial charge in [0.2, 0.25) is 0 Å². The van der Waals surface area contributed by atoms with Crippen molar-refractivity contribution in [2.75, 3.05) is 39.2 Å². The highest BCUT2D eigenvalue weighted by atomic mass is 32.2. The maximum Gasteiger partial charge on any atom is 0.148 e. The first-order valence-corrected chi connectivity index (χ1v) is 7.44. The Kier molecular flexibility index (Phi) is 7.13. The Morgan fingerprint density at radius 1 is 1.33 bits per heavy atom. The Morgan fingerprint density at radius 3 is 2.40 bits per heavy atom. The molecule has 0 radical (unpaired) electrons. The molecule has 4 nitrogen and oxygen atoms in total. The van der Waals surface area contributed by atoms with Crippen molar-refractivity contribution < 1.29 is 8.42 Å². The number of nitrogens with zero attached hydrogens (tertiary/aromatic N) is 1. The van der Waals surface area contributed by atoms with Crippen molar-refractivity contribution in [2.24, 2.45) is 0 Å². The zero-order chi connectivity index (χ0) is 11.9. The van der Waals surface area contributed by atoms with Crippen LogP contribution in [0.4, 0.5) is 0 Å². The smallest absolute Gasteiger partial charge is 0.148 e. The van der Waals surface area contributed by atoms with Gasteiger partial charge in [-0.05, 0) is 40.4 Å². The minimum atomic E-state index is -2.82. The van der Waals surface area contributed by atoms with Crippen LogP contribution in [0.15, 0.2) is 0 Å². The Labute approximate surface area is 94.0 Å². The molecule has 0 aromatic rings. The Morgan fingerprint density at radius 2 is 1.93 bits per heavy atom. The summed E-state index contributed by atoms with van der Waals surface area (Å²) in [7, 11) is 1.10. The highest BCUT2D eigenvalue weighted by Gasteiger charge is 2.05. The van der Waals surface area contributed by atoms with Crippen molar-refractivity contribution in [1.82, 2.24) is 10.2 Å². The van der Waals surface area contributed by atoms with E-state index in [0.717, 1.165) is 19.4 Å². The third-order valence-electron chi connectivity index (χ3n) is 2.51. The Bertz CT molecular complexity index is 252. The molecule has 92 valence electrons. The van der Waals surface area contributed by atoms with Crippen molar-refractivity contribution in [1.29, 1.82) is 0 Å². The summed E-state index contributed by atoms with van der Waals surface area (Å²) >= 11 is 0. The molecule has 0 saturated heterocycles. The monoisotopic (exact) mass is 236 g/mol. The van der Waals surface area contributed by atoms with E-state index in [9.17, 15) is 8.42 Å². The van der Waals surface area contributed by atoms with Gasteiger partial charge in [-0.1, -0.05) is 0 Å². The van der Waals surface area contributed by atoms with E-state index in [2.05, 4.69) is 17.1 Å². The summed E-state index contributed by atoms with van der Waals surface area (Å²) in [5.41, 5.74) is 0. The number of nitrogens with one attached hydrogen (secondary N) is 1. The van der Waals surface area contributed by atoms with Crippen LogP contribution >= 0.6 is 0 Å². The molecular formula is C10H24N2O2S. The van der Waals surface area contributed by atoms with E-state index in [0.29, 0.717) is 12.6 Å². The van der Waals surface area contributed by atoms with Crippen LogP contribution < -0.4 is 5.32 Å². The average Bonchev–Trinajstić information content (AvgIpc) is 2.13. The zero-order valence-corrected chi connectivity index (χ0v) is 11.1. The fraction of sp³-hybridized carbons (Fsp3) is 1.00. The fourth-order valence-electron chi connectivity index (χ4n) is 1.25. The maximum absolute atomic E-state index is 10.9. The van der Waals surface area contributed by atoms with Gasteiger partial charge >= 0.3 is 0 Å². The van der Waals surface area contributed by atoms with Gasteiger partial charge in [0.05, 0.1) is 5.75 Å². The molecule has 0 heterocycles. The first kappa shape index (κ1) is 14.9. The summed E-state index contributed by atoms with van der Waals surface area (Å²) < 4.78 is 21.9. The minimum absolute atomic E-state index is 0.255. The molecule has 0 aliphatic rings. The predicted molar refractivity (Wildman–Crippen MR) is 65.0 cm³/mol. The van der Waals surface area contributed by atoms with Crippen molar-refractivity contribution in [3.8, 4) is 0 Å². The highest BCUT2D eigenvalue weighted by Crippen LogP contribution is 1.98. The first-order valence-electron chi connectivity index (χ1n) is 5.38. The molecule has 15 heavy (non-hydrogen) atoms. The van der Waals surface area contributed by atoms with Gasteiger partial charge < -0.3 is 10.2 Å². The summed E-state index contributed by atoms with van der Waals surface area (Å²) in [5, 5.41) is 3.18. The Balaban J connectivity index is 3.54. The summed E-state index contributed by atoms with van der Waals surface area (Å²) in [4.78, 5) is 2.07. The van der Waals surface area contributed by atoms with Gasteiger partial charge in [-0.25, -0.2) is 8.42 Å². The molecule has 0 aliphatic heterocycles. The van der Waals surface area contributed by atoms with Gasteiger partial charge in [-0.2, -0.15) is 0 Å². The van der Waals surface area contributed by atoms with E-state index in [1.807, 2.05) is 14.1 Å². The molecule has 0 aromatic heterocycles. The molecule has 5 heteroatoms. The highest BCUT2D eigenvalue weighted by molar-refractivity contribution is 7.90. The molecule has 0 bridgehead atoms. The fourth-order valence-corrected chi connectivity index (χ4v) is 1.89. The predicted octanol–water partition coefficient (Wildman–Crippen LogP) is 0.351. The molecule has 1 atom stereocenters. The van der Waals surface area contributed by atoms with Gasteiger partial charge in [0.25, 0.3) is 0 Å². The van der Waals surface area contributed by atoms with Crippen LogP contribution in [0.5, 0.6) is 0 Å². The summed E-state index contributed by atoms with van der Waals surface area (Å²) in [5.74, 6) is 0.255. The number of hydrogen-bond donors (Lipinski definition) is 1. The largest absolute Gasteiger partial charge is 0.317 e. The lowest BCUT2D eigenvalue weighted by Crippen LogP contribution is -2.28. The second kappa shape index (κ2) is 7.19. The van der Waals surface area contributed by atoms with E-state index in [1.54, 1.807) is 0 Å². The van der Waals surface area contributed by atoms with E-state index >= 15 is 0 Å². The summed E-state index contributed by atoms with van der Waals surface area (Å²) in [6, 6.07) is 0.535. The molecule has 0 fully saturated rings. The van der Waals surface area contributed by atoms with E-state index in [-0.39, 0.29) is 5.75 Å². The van der Waals surface area contributed by atoms with Gasteiger partial charge in [0.1, 0.15) is 9.84 Å². The van der Waals surface area contributed by atoms with Gasteiger partial charge in [-0.15, -0.1) is 0 Å². The summed E-state index contributed by atoms with van der Waals surface area (Å²) in [6.45, 7) is 3.74. The topological polar surface area (TPSA) is 49.4 Å². The van der Waals surface area contributed by atoms with Crippen LogP contribution in [0.25, 0.3) is 0 Å². The molecule has 0 aromatic carbocycles. The molecule has 1 N–H and O–H groups in total. The van der Waals surface area contributed by atoms with Gasteiger partial charge in [0.15, 0.2) is 0 Å². The minimum Gasteiger partial charge on any atom is -0.317 e. The summed E-state index contributed by atoms with van der Waals surface area (Å²) in [6.07, 6.45) is 3.51. The zero-order valence-electron chi connectivity index (χ0n) is 10.3. The van der Waals surface area contributed by atoms with Crippen molar-refractivity contribution >= 4 is 9.84 Å². The van der Waals surface area contributed by atoms with Crippen LogP contribution in [0.3, 0.4) is 0 Å². The van der Waals surface area contributed by atoms with Crippen LogP contribution in [-0.4, -0.2) is 58.6 Å². The second-order valence-electron chi connectivity index (χ2n) is 4.27. The van der Waals surface area contributed by atoms with Crippen LogP contribution in [0.2, 0.25) is 0 Å².